The van der Waals surface area contributed by atoms with E-state index in [1.165, 1.54) is 11.0 Å². The Morgan fingerprint density at radius 2 is 2.26 bits per heavy atom. The predicted molar refractivity (Wildman–Crippen MR) is 67.0 cm³/mol. The van der Waals surface area contributed by atoms with E-state index in [2.05, 4.69) is 4.98 Å². The van der Waals surface area contributed by atoms with Gasteiger partial charge in [0.05, 0.1) is 6.10 Å². The van der Waals surface area contributed by atoms with Crippen LogP contribution >= 0.6 is 0 Å². The van der Waals surface area contributed by atoms with Crippen molar-refractivity contribution in [3.8, 4) is 0 Å². The topological polar surface area (TPSA) is 90.7 Å². The van der Waals surface area contributed by atoms with Crippen LogP contribution in [0.25, 0.3) is 6.08 Å². The third-order valence-electron chi connectivity index (χ3n) is 2.95. The number of nitrogens with zero attached hydrogens (tertiary/aromatic N) is 2. The molecule has 6 nitrogen and oxygen atoms in total. The van der Waals surface area contributed by atoms with Crippen molar-refractivity contribution in [3.05, 3.63) is 36.2 Å². The Kier molecular flexibility index (Phi) is 3.91. The van der Waals surface area contributed by atoms with E-state index in [-0.39, 0.29) is 13.0 Å². The molecule has 1 amide bonds. The van der Waals surface area contributed by atoms with Crippen LogP contribution in [0.2, 0.25) is 0 Å². The van der Waals surface area contributed by atoms with E-state index in [1.54, 1.807) is 30.6 Å². The van der Waals surface area contributed by atoms with Crippen molar-refractivity contribution in [2.24, 2.45) is 0 Å². The molecule has 6 heteroatoms. The number of carbonyl (C=O) groups is 2. The number of aliphatic carboxylic acids is 1. The molecule has 1 aromatic rings. The third-order valence-corrected chi connectivity index (χ3v) is 2.95. The molecule has 2 atom stereocenters. The second-order valence-electron chi connectivity index (χ2n) is 4.35. The van der Waals surface area contributed by atoms with Crippen molar-refractivity contribution in [3.63, 3.8) is 0 Å². The van der Waals surface area contributed by atoms with Crippen molar-refractivity contribution in [1.29, 1.82) is 0 Å². The molecule has 1 aromatic heterocycles. The van der Waals surface area contributed by atoms with Gasteiger partial charge in [0, 0.05) is 31.4 Å². The molecule has 1 saturated heterocycles. The summed E-state index contributed by atoms with van der Waals surface area (Å²) in [7, 11) is 0. The van der Waals surface area contributed by atoms with Crippen LogP contribution in [-0.4, -0.2) is 50.7 Å². The molecule has 19 heavy (non-hydrogen) atoms. The number of carbonyl (C=O) groups excluding carboxylic acids is 1. The second-order valence-corrected chi connectivity index (χ2v) is 4.35. The number of hydrogen-bond donors (Lipinski definition) is 2. The summed E-state index contributed by atoms with van der Waals surface area (Å²) in [5, 5.41) is 18.5. The van der Waals surface area contributed by atoms with E-state index in [0.29, 0.717) is 0 Å². The average molecular weight is 262 g/mol. The van der Waals surface area contributed by atoms with Crippen molar-refractivity contribution in [2.45, 2.75) is 18.6 Å². The molecule has 1 aliphatic heterocycles. The number of aliphatic hydroxyl groups is 1. The number of carboxylic acid groups (broad SMARTS) is 1. The lowest BCUT2D eigenvalue weighted by Crippen LogP contribution is -2.39. The van der Waals surface area contributed by atoms with Gasteiger partial charge in [0.1, 0.15) is 6.04 Å². The number of carboxylic acids is 1. The Morgan fingerprint density at radius 1 is 1.47 bits per heavy atom. The van der Waals surface area contributed by atoms with E-state index in [1.807, 2.05) is 0 Å². The number of pyridine rings is 1. The maximum absolute atomic E-state index is 11.9. The first kappa shape index (κ1) is 13.2. The van der Waals surface area contributed by atoms with Gasteiger partial charge in [0.15, 0.2) is 0 Å². The van der Waals surface area contributed by atoms with Crippen molar-refractivity contribution in [1.82, 2.24) is 9.88 Å². The molecule has 0 spiro atoms. The maximum Gasteiger partial charge on any atom is 0.326 e. The SMILES string of the molecule is O=C(O)[C@H]1C[C@@H](O)CN1C(=O)C=Cc1cccnc1. The first-order valence-electron chi connectivity index (χ1n) is 5.87. The monoisotopic (exact) mass is 262 g/mol. The molecule has 0 aliphatic carbocycles. The fourth-order valence-electron chi connectivity index (χ4n) is 2.03. The van der Waals surface area contributed by atoms with Gasteiger partial charge in [-0.3, -0.25) is 9.78 Å². The highest BCUT2D eigenvalue weighted by atomic mass is 16.4. The minimum Gasteiger partial charge on any atom is -0.480 e. The first-order chi connectivity index (χ1) is 9.08. The van der Waals surface area contributed by atoms with E-state index in [9.17, 15) is 14.7 Å². The number of β-amino-alcohol motifs (C(OH)–C–C–N with tert-alkyl or cyclic N) is 1. The summed E-state index contributed by atoms with van der Waals surface area (Å²) in [4.78, 5) is 28.0. The largest absolute Gasteiger partial charge is 0.480 e. The summed E-state index contributed by atoms with van der Waals surface area (Å²) in [6.07, 6.45) is 5.37. The molecular weight excluding hydrogens is 248 g/mol. The molecule has 0 unspecified atom stereocenters. The van der Waals surface area contributed by atoms with Gasteiger partial charge in [-0.2, -0.15) is 0 Å². The normalized spacial score (nSPS) is 22.9. The predicted octanol–water partition coefficient (Wildman–Crippen LogP) is 0.141. The smallest absolute Gasteiger partial charge is 0.326 e. The van der Waals surface area contributed by atoms with Crippen molar-refractivity contribution < 1.29 is 19.8 Å². The minimum atomic E-state index is -1.10. The van der Waals surface area contributed by atoms with Gasteiger partial charge in [0.25, 0.3) is 0 Å². The average Bonchev–Trinajstić information content (AvgIpc) is 2.79. The van der Waals surface area contributed by atoms with Crippen LogP contribution in [0.4, 0.5) is 0 Å². The number of amides is 1. The number of aromatic nitrogens is 1. The molecule has 2 rings (SSSR count). The molecule has 100 valence electrons. The Balaban J connectivity index is 2.07. The standard InChI is InChI=1S/C13H14N2O4/c16-10-6-11(13(18)19)15(8-10)12(17)4-3-9-2-1-5-14-7-9/h1-5,7,10-11,16H,6,8H2,(H,18,19)/t10-,11-/m1/s1. The number of aliphatic hydroxyl groups excluding tert-OH is 1. The molecule has 2 N–H and O–H groups in total. The lowest BCUT2D eigenvalue weighted by molar-refractivity contribution is -0.146. The molecule has 2 heterocycles. The number of likely N-dealkylation sites (tertiary alicyclic amines) is 1. The zero-order valence-electron chi connectivity index (χ0n) is 10.1. The minimum absolute atomic E-state index is 0.0488. The Bertz CT molecular complexity index is 501. The van der Waals surface area contributed by atoms with E-state index >= 15 is 0 Å². The van der Waals surface area contributed by atoms with Crippen LogP contribution in [0.1, 0.15) is 12.0 Å². The summed E-state index contributed by atoms with van der Waals surface area (Å²) < 4.78 is 0. The van der Waals surface area contributed by atoms with Crippen LogP contribution < -0.4 is 0 Å². The summed E-state index contributed by atoms with van der Waals surface area (Å²) in [6.45, 7) is 0.0488. The molecule has 0 bridgehead atoms. The zero-order chi connectivity index (χ0) is 13.8. The molecule has 1 aliphatic rings. The van der Waals surface area contributed by atoms with Gasteiger partial charge in [-0.25, -0.2) is 4.79 Å². The Morgan fingerprint density at radius 3 is 2.89 bits per heavy atom. The summed E-state index contributed by atoms with van der Waals surface area (Å²) in [6, 6.07) is 2.56. The number of hydrogen-bond acceptors (Lipinski definition) is 4. The molecule has 1 fully saturated rings. The molecule has 0 saturated carbocycles. The fraction of sp³-hybridized carbons (Fsp3) is 0.308. The first-order valence-corrected chi connectivity index (χ1v) is 5.87. The number of rotatable bonds is 3. The third kappa shape index (κ3) is 3.17. The van der Waals surface area contributed by atoms with Crippen LogP contribution in [-0.2, 0) is 9.59 Å². The maximum atomic E-state index is 11.9. The highest BCUT2D eigenvalue weighted by molar-refractivity contribution is 5.94. The van der Waals surface area contributed by atoms with Crippen LogP contribution in [0.15, 0.2) is 30.6 Å². The van der Waals surface area contributed by atoms with E-state index < -0.39 is 24.0 Å². The van der Waals surface area contributed by atoms with Gasteiger partial charge in [-0.05, 0) is 17.7 Å². The van der Waals surface area contributed by atoms with Gasteiger partial charge in [-0.15, -0.1) is 0 Å². The van der Waals surface area contributed by atoms with Crippen molar-refractivity contribution in [2.75, 3.05) is 6.54 Å². The van der Waals surface area contributed by atoms with Crippen LogP contribution in [0.3, 0.4) is 0 Å². The molecule has 0 radical (unpaired) electrons. The van der Waals surface area contributed by atoms with Gasteiger partial charge < -0.3 is 15.1 Å². The Hall–Kier alpha value is -2.21. The van der Waals surface area contributed by atoms with Crippen LogP contribution in [0.5, 0.6) is 0 Å². The van der Waals surface area contributed by atoms with E-state index in [4.69, 9.17) is 5.11 Å². The highest BCUT2D eigenvalue weighted by Crippen LogP contribution is 2.18. The van der Waals surface area contributed by atoms with E-state index in [0.717, 1.165) is 5.56 Å². The van der Waals surface area contributed by atoms with Crippen LogP contribution in [0, 0.1) is 0 Å². The fourth-order valence-corrected chi connectivity index (χ4v) is 2.03. The van der Waals surface area contributed by atoms with Gasteiger partial charge in [-0.1, -0.05) is 6.07 Å². The lowest BCUT2D eigenvalue weighted by atomic mass is 10.2. The summed E-state index contributed by atoms with van der Waals surface area (Å²) in [5.74, 6) is -1.52. The molecular formula is C13H14N2O4. The van der Waals surface area contributed by atoms with Gasteiger partial charge in [0.2, 0.25) is 5.91 Å². The second kappa shape index (κ2) is 5.62. The van der Waals surface area contributed by atoms with Gasteiger partial charge >= 0.3 is 5.97 Å². The molecule has 0 aromatic carbocycles. The summed E-state index contributed by atoms with van der Waals surface area (Å²) >= 11 is 0. The van der Waals surface area contributed by atoms with Crippen molar-refractivity contribution >= 4 is 18.0 Å². The highest BCUT2D eigenvalue weighted by Gasteiger charge is 2.37. The quantitative estimate of drug-likeness (QED) is 0.756. The lowest BCUT2D eigenvalue weighted by Gasteiger charge is -2.19. The summed E-state index contributed by atoms with van der Waals surface area (Å²) in [5.41, 5.74) is 0.752. The Labute approximate surface area is 110 Å². The zero-order valence-corrected chi connectivity index (χ0v) is 10.1.